The quantitative estimate of drug-likeness (QED) is 0.777. The van der Waals surface area contributed by atoms with Crippen LogP contribution in [-0.2, 0) is 11.2 Å². The zero-order chi connectivity index (χ0) is 9.84. The van der Waals surface area contributed by atoms with E-state index in [2.05, 4.69) is 0 Å². The highest BCUT2D eigenvalue weighted by molar-refractivity contribution is 5.67. The summed E-state index contributed by atoms with van der Waals surface area (Å²) in [6.45, 7) is 1.79. The van der Waals surface area contributed by atoms with Crippen molar-refractivity contribution in [2.45, 2.75) is 19.8 Å². The van der Waals surface area contributed by atoms with Gasteiger partial charge < -0.3 is 5.11 Å². The van der Waals surface area contributed by atoms with Crippen LogP contribution in [0.1, 0.15) is 17.5 Å². The number of aryl methyl sites for hydroxylation is 2. The first-order valence-electron chi connectivity index (χ1n) is 4.06. The lowest BCUT2D eigenvalue weighted by atomic mass is 10.1. The Morgan fingerprint density at radius 2 is 2.15 bits per heavy atom. The van der Waals surface area contributed by atoms with Crippen LogP contribution in [-0.4, -0.2) is 11.1 Å². The van der Waals surface area contributed by atoms with E-state index in [1.54, 1.807) is 13.0 Å². The molecule has 0 radical (unpaired) electrons. The van der Waals surface area contributed by atoms with E-state index in [1.165, 1.54) is 12.1 Å². The fourth-order valence-corrected chi connectivity index (χ4v) is 1.21. The van der Waals surface area contributed by atoms with E-state index in [0.717, 1.165) is 11.1 Å². The number of aliphatic carboxylic acids is 1. The van der Waals surface area contributed by atoms with Gasteiger partial charge in [-0.15, -0.1) is 0 Å². The molecule has 0 aliphatic carbocycles. The number of carbonyl (C=O) groups is 1. The lowest BCUT2D eigenvalue weighted by Crippen LogP contribution is -1.98. The summed E-state index contributed by atoms with van der Waals surface area (Å²) in [5, 5.41) is 8.42. The van der Waals surface area contributed by atoms with Crippen LogP contribution in [0.15, 0.2) is 18.2 Å². The highest BCUT2D eigenvalue weighted by Gasteiger charge is 2.01. The first kappa shape index (κ1) is 9.71. The van der Waals surface area contributed by atoms with E-state index in [1.807, 2.05) is 0 Å². The minimum absolute atomic E-state index is 0.0445. The minimum atomic E-state index is -0.859. The minimum Gasteiger partial charge on any atom is -0.481 e. The molecule has 0 aliphatic rings. The Balaban J connectivity index is 2.71. The van der Waals surface area contributed by atoms with Crippen LogP contribution in [0, 0.1) is 12.7 Å². The third-order valence-corrected chi connectivity index (χ3v) is 1.73. The third-order valence-electron chi connectivity index (χ3n) is 1.73. The van der Waals surface area contributed by atoms with Crippen LogP contribution in [0.3, 0.4) is 0 Å². The molecule has 3 heteroatoms. The van der Waals surface area contributed by atoms with E-state index in [-0.39, 0.29) is 12.2 Å². The van der Waals surface area contributed by atoms with Gasteiger partial charge in [0.2, 0.25) is 0 Å². The molecular weight excluding hydrogens is 171 g/mol. The van der Waals surface area contributed by atoms with Gasteiger partial charge in [0.05, 0.1) is 0 Å². The predicted molar refractivity (Wildman–Crippen MR) is 47.1 cm³/mol. The molecule has 1 N–H and O–H groups in total. The molecule has 0 aliphatic heterocycles. The van der Waals surface area contributed by atoms with E-state index < -0.39 is 5.97 Å². The molecule has 0 saturated heterocycles. The van der Waals surface area contributed by atoms with Crippen molar-refractivity contribution in [3.05, 3.63) is 35.1 Å². The van der Waals surface area contributed by atoms with Crippen molar-refractivity contribution < 1.29 is 14.3 Å². The summed E-state index contributed by atoms with van der Waals surface area (Å²) < 4.78 is 12.8. The summed E-state index contributed by atoms with van der Waals surface area (Å²) >= 11 is 0. The number of carboxylic acids is 1. The Morgan fingerprint density at radius 1 is 1.46 bits per heavy atom. The maximum atomic E-state index is 12.8. The first-order valence-corrected chi connectivity index (χ1v) is 4.06. The Morgan fingerprint density at radius 3 is 2.69 bits per heavy atom. The van der Waals surface area contributed by atoms with Crippen molar-refractivity contribution in [3.8, 4) is 0 Å². The molecule has 70 valence electrons. The summed E-state index contributed by atoms with van der Waals surface area (Å²) in [6.07, 6.45) is 0.427. The van der Waals surface area contributed by atoms with Gasteiger partial charge in [0.1, 0.15) is 5.82 Å². The molecule has 1 rings (SSSR count). The lowest BCUT2D eigenvalue weighted by molar-refractivity contribution is -0.136. The van der Waals surface area contributed by atoms with Crippen LogP contribution in [0.4, 0.5) is 4.39 Å². The summed E-state index contributed by atoms with van der Waals surface area (Å²) in [4.78, 5) is 10.2. The number of carboxylic acid groups (broad SMARTS) is 1. The molecule has 1 aromatic rings. The molecule has 0 bridgehead atoms. The van der Waals surface area contributed by atoms with E-state index >= 15 is 0 Å². The van der Waals surface area contributed by atoms with Crippen LogP contribution < -0.4 is 0 Å². The number of benzene rings is 1. The van der Waals surface area contributed by atoms with Gasteiger partial charge in [-0.05, 0) is 36.6 Å². The van der Waals surface area contributed by atoms with Gasteiger partial charge in [-0.25, -0.2) is 4.39 Å². The summed E-state index contributed by atoms with van der Waals surface area (Å²) in [6, 6.07) is 4.59. The molecular formula is C10H11FO2. The largest absolute Gasteiger partial charge is 0.481 e. The SMILES string of the molecule is Cc1cc(F)cc(CCC(=O)O)c1. The summed E-state index contributed by atoms with van der Waals surface area (Å²) in [5.74, 6) is -1.16. The average Bonchev–Trinajstić information content (AvgIpc) is 1.99. The predicted octanol–water partition coefficient (Wildman–Crippen LogP) is 2.15. The summed E-state index contributed by atoms with van der Waals surface area (Å²) in [5.41, 5.74) is 1.56. The Hall–Kier alpha value is -1.38. The van der Waals surface area contributed by atoms with Gasteiger partial charge in [0, 0.05) is 6.42 Å². The van der Waals surface area contributed by atoms with Gasteiger partial charge in [0.25, 0.3) is 0 Å². The van der Waals surface area contributed by atoms with Crippen molar-refractivity contribution in [2.24, 2.45) is 0 Å². The topological polar surface area (TPSA) is 37.3 Å². The van der Waals surface area contributed by atoms with Gasteiger partial charge in [0.15, 0.2) is 0 Å². The zero-order valence-electron chi connectivity index (χ0n) is 7.38. The van der Waals surface area contributed by atoms with E-state index in [9.17, 15) is 9.18 Å². The first-order chi connectivity index (χ1) is 6.08. The molecule has 0 spiro atoms. The normalized spacial score (nSPS) is 10.0. The highest BCUT2D eigenvalue weighted by Crippen LogP contribution is 2.10. The van der Waals surface area contributed by atoms with Crippen molar-refractivity contribution >= 4 is 5.97 Å². The lowest BCUT2D eigenvalue weighted by Gasteiger charge is -2.00. The van der Waals surface area contributed by atoms with Crippen LogP contribution in [0.25, 0.3) is 0 Å². The van der Waals surface area contributed by atoms with Gasteiger partial charge in [-0.1, -0.05) is 6.07 Å². The fraction of sp³-hybridized carbons (Fsp3) is 0.300. The zero-order valence-corrected chi connectivity index (χ0v) is 7.38. The fourth-order valence-electron chi connectivity index (χ4n) is 1.21. The number of hydrogen-bond donors (Lipinski definition) is 1. The molecule has 0 heterocycles. The van der Waals surface area contributed by atoms with Crippen molar-refractivity contribution in [2.75, 3.05) is 0 Å². The number of hydrogen-bond acceptors (Lipinski definition) is 1. The maximum absolute atomic E-state index is 12.8. The second-order valence-electron chi connectivity index (χ2n) is 3.03. The molecule has 0 aromatic heterocycles. The maximum Gasteiger partial charge on any atom is 0.303 e. The smallest absolute Gasteiger partial charge is 0.303 e. The third kappa shape index (κ3) is 3.23. The molecule has 0 atom stereocenters. The molecule has 0 fully saturated rings. The van der Waals surface area contributed by atoms with E-state index in [4.69, 9.17) is 5.11 Å². The number of rotatable bonds is 3. The van der Waals surface area contributed by atoms with Crippen LogP contribution >= 0.6 is 0 Å². The second kappa shape index (κ2) is 4.03. The molecule has 0 saturated carbocycles. The highest BCUT2D eigenvalue weighted by atomic mass is 19.1. The van der Waals surface area contributed by atoms with E-state index in [0.29, 0.717) is 6.42 Å². The van der Waals surface area contributed by atoms with Crippen molar-refractivity contribution in [1.29, 1.82) is 0 Å². The molecule has 13 heavy (non-hydrogen) atoms. The summed E-state index contributed by atoms with van der Waals surface area (Å²) in [7, 11) is 0. The van der Waals surface area contributed by atoms with Crippen molar-refractivity contribution in [3.63, 3.8) is 0 Å². The van der Waals surface area contributed by atoms with Gasteiger partial charge in [-0.3, -0.25) is 4.79 Å². The number of halogens is 1. The standard InChI is InChI=1S/C10H11FO2/c1-7-4-8(2-3-10(12)13)6-9(11)5-7/h4-6H,2-3H2,1H3,(H,12,13). The van der Waals surface area contributed by atoms with Crippen LogP contribution in [0.2, 0.25) is 0 Å². The Kier molecular flexibility index (Phi) is 3.01. The van der Waals surface area contributed by atoms with Gasteiger partial charge in [-0.2, -0.15) is 0 Å². The molecule has 0 unspecified atom stereocenters. The second-order valence-corrected chi connectivity index (χ2v) is 3.03. The monoisotopic (exact) mass is 182 g/mol. The molecule has 1 aromatic carbocycles. The molecule has 2 nitrogen and oxygen atoms in total. The van der Waals surface area contributed by atoms with Gasteiger partial charge >= 0.3 is 5.97 Å². The van der Waals surface area contributed by atoms with Crippen molar-refractivity contribution in [1.82, 2.24) is 0 Å². The Labute approximate surface area is 76.0 Å². The Bertz CT molecular complexity index is 300. The van der Waals surface area contributed by atoms with Crippen LogP contribution in [0.5, 0.6) is 0 Å². The molecule has 0 amide bonds. The average molecular weight is 182 g/mol.